The number of benzene rings is 1. The maximum absolute atomic E-state index is 11.1. The first-order valence-corrected chi connectivity index (χ1v) is 5.02. The quantitative estimate of drug-likeness (QED) is 0.654. The van der Waals surface area contributed by atoms with E-state index in [4.69, 9.17) is 4.74 Å². The van der Waals surface area contributed by atoms with E-state index >= 15 is 0 Å². The zero-order valence-corrected chi connectivity index (χ0v) is 9.20. The Balaban J connectivity index is 2.57. The van der Waals surface area contributed by atoms with Crippen LogP contribution in [0.15, 0.2) is 30.3 Å². The van der Waals surface area contributed by atoms with Crippen molar-refractivity contribution >= 4 is 11.5 Å². The summed E-state index contributed by atoms with van der Waals surface area (Å²) in [5.74, 6) is 0.695. The van der Waals surface area contributed by atoms with E-state index in [9.17, 15) is 4.79 Å². The SMILES string of the molecule is CC(=O)C=C1OC(C)(C)c2ccccc21. The largest absolute Gasteiger partial charge is 0.482 e. The Labute approximate surface area is 89.6 Å². The third kappa shape index (κ3) is 1.67. The second-order valence-corrected chi connectivity index (χ2v) is 4.28. The Hall–Kier alpha value is -1.57. The third-order valence-corrected chi connectivity index (χ3v) is 2.54. The molecule has 1 aromatic carbocycles. The summed E-state index contributed by atoms with van der Waals surface area (Å²) in [6, 6.07) is 7.97. The van der Waals surface area contributed by atoms with Gasteiger partial charge in [-0.1, -0.05) is 24.3 Å². The van der Waals surface area contributed by atoms with Crippen LogP contribution in [0.2, 0.25) is 0 Å². The molecule has 0 fully saturated rings. The number of rotatable bonds is 1. The molecule has 0 N–H and O–H groups in total. The maximum Gasteiger partial charge on any atom is 0.156 e. The molecule has 1 heterocycles. The highest BCUT2D eigenvalue weighted by Crippen LogP contribution is 2.42. The van der Waals surface area contributed by atoms with Crippen LogP contribution in [0.1, 0.15) is 31.9 Å². The summed E-state index contributed by atoms with van der Waals surface area (Å²) in [6.07, 6.45) is 1.55. The highest BCUT2D eigenvalue weighted by Gasteiger charge is 2.34. The molecule has 0 aromatic heterocycles. The van der Waals surface area contributed by atoms with Gasteiger partial charge in [0.2, 0.25) is 0 Å². The maximum atomic E-state index is 11.1. The minimum Gasteiger partial charge on any atom is -0.482 e. The van der Waals surface area contributed by atoms with Crippen molar-refractivity contribution in [3.05, 3.63) is 41.5 Å². The fraction of sp³-hybridized carbons (Fsp3) is 0.308. The van der Waals surface area contributed by atoms with E-state index in [0.717, 1.165) is 11.1 Å². The number of hydrogen-bond acceptors (Lipinski definition) is 2. The van der Waals surface area contributed by atoms with E-state index in [1.54, 1.807) is 6.08 Å². The van der Waals surface area contributed by atoms with E-state index in [1.165, 1.54) is 6.92 Å². The molecular formula is C13H14O2. The molecule has 0 spiro atoms. The first kappa shape index (κ1) is 9.97. The Morgan fingerprint density at radius 2 is 2.00 bits per heavy atom. The van der Waals surface area contributed by atoms with Gasteiger partial charge in [0, 0.05) is 17.2 Å². The molecule has 1 aliphatic rings. The molecule has 0 unspecified atom stereocenters. The van der Waals surface area contributed by atoms with Crippen LogP contribution in [0.5, 0.6) is 0 Å². The monoisotopic (exact) mass is 202 g/mol. The summed E-state index contributed by atoms with van der Waals surface area (Å²) >= 11 is 0. The summed E-state index contributed by atoms with van der Waals surface area (Å²) < 4.78 is 5.77. The molecule has 0 bridgehead atoms. The van der Waals surface area contributed by atoms with Crippen LogP contribution in [0, 0.1) is 0 Å². The number of allylic oxidation sites excluding steroid dienone is 1. The number of hydrogen-bond donors (Lipinski definition) is 0. The number of carbonyl (C=O) groups is 1. The number of ether oxygens (including phenoxy) is 1. The van der Waals surface area contributed by atoms with Crippen LogP contribution in [0.25, 0.3) is 5.76 Å². The van der Waals surface area contributed by atoms with Gasteiger partial charge < -0.3 is 4.74 Å². The van der Waals surface area contributed by atoms with Gasteiger partial charge >= 0.3 is 0 Å². The molecule has 78 valence electrons. The molecule has 0 amide bonds. The molecule has 15 heavy (non-hydrogen) atoms. The lowest BCUT2D eigenvalue weighted by atomic mass is 9.96. The summed E-state index contributed by atoms with van der Waals surface area (Å²) in [4.78, 5) is 11.1. The first-order valence-electron chi connectivity index (χ1n) is 5.02. The molecule has 1 aliphatic heterocycles. The molecule has 0 saturated carbocycles. The lowest BCUT2D eigenvalue weighted by Gasteiger charge is -2.18. The van der Waals surface area contributed by atoms with E-state index in [2.05, 4.69) is 0 Å². The molecular weight excluding hydrogens is 188 g/mol. The van der Waals surface area contributed by atoms with Gasteiger partial charge in [-0.25, -0.2) is 0 Å². The number of carbonyl (C=O) groups excluding carboxylic acids is 1. The molecule has 0 radical (unpaired) electrons. The van der Waals surface area contributed by atoms with Crippen LogP contribution >= 0.6 is 0 Å². The summed E-state index contributed by atoms with van der Waals surface area (Å²) in [5, 5.41) is 0. The predicted octanol–water partition coefficient (Wildman–Crippen LogP) is 2.88. The van der Waals surface area contributed by atoms with E-state index in [1.807, 2.05) is 38.1 Å². The standard InChI is InChI=1S/C13H14O2/c1-9(14)8-12-10-6-4-5-7-11(10)13(2,3)15-12/h4-8H,1-3H3. The van der Waals surface area contributed by atoms with Gasteiger partial charge in [-0.2, -0.15) is 0 Å². The Bertz CT molecular complexity index is 442. The number of fused-ring (bicyclic) bond motifs is 1. The van der Waals surface area contributed by atoms with E-state index < -0.39 is 0 Å². The average Bonchev–Trinajstić information content (AvgIpc) is 2.39. The smallest absolute Gasteiger partial charge is 0.156 e. The predicted molar refractivity (Wildman–Crippen MR) is 59.2 cm³/mol. The van der Waals surface area contributed by atoms with E-state index in [-0.39, 0.29) is 11.4 Å². The molecule has 0 saturated heterocycles. The Morgan fingerprint density at radius 1 is 1.33 bits per heavy atom. The lowest BCUT2D eigenvalue weighted by molar-refractivity contribution is -0.112. The fourth-order valence-electron chi connectivity index (χ4n) is 1.90. The van der Waals surface area contributed by atoms with Gasteiger partial charge in [0.25, 0.3) is 0 Å². The van der Waals surface area contributed by atoms with Gasteiger partial charge in [-0.05, 0) is 20.8 Å². The normalized spacial score (nSPS) is 19.8. The highest BCUT2D eigenvalue weighted by molar-refractivity contribution is 5.94. The summed E-state index contributed by atoms with van der Waals surface area (Å²) in [6.45, 7) is 5.55. The minimum atomic E-state index is -0.335. The van der Waals surface area contributed by atoms with Crippen molar-refractivity contribution < 1.29 is 9.53 Å². The molecule has 2 rings (SSSR count). The van der Waals surface area contributed by atoms with Crippen LogP contribution < -0.4 is 0 Å². The van der Waals surface area contributed by atoms with Gasteiger partial charge in [-0.3, -0.25) is 4.79 Å². The molecule has 1 aromatic rings. The Morgan fingerprint density at radius 3 is 2.67 bits per heavy atom. The van der Waals surface area contributed by atoms with Crippen molar-refractivity contribution in [3.8, 4) is 0 Å². The molecule has 2 nitrogen and oxygen atoms in total. The topological polar surface area (TPSA) is 26.3 Å². The van der Waals surface area contributed by atoms with Crippen molar-refractivity contribution in [2.45, 2.75) is 26.4 Å². The van der Waals surface area contributed by atoms with Gasteiger partial charge in [0.15, 0.2) is 5.78 Å². The van der Waals surface area contributed by atoms with Crippen LogP contribution in [0.3, 0.4) is 0 Å². The lowest BCUT2D eigenvalue weighted by Crippen LogP contribution is -2.14. The number of ketones is 1. The third-order valence-electron chi connectivity index (χ3n) is 2.54. The van der Waals surface area contributed by atoms with Crippen molar-refractivity contribution in [2.75, 3.05) is 0 Å². The van der Waals surface area contributed by atoms with Crippen molar-refractivity contribution in [1.29, 1.82) is 0 Å². The van der Waals surface area contributed by atoms with Crippen molar-refractivity contribution in [3.63, 3.8) is 0 Å². The van der Waals surface area contributed by atoms with Gasteiger partial charge in [0.05, 0.1) is 0 Å². The molecule has 2 heteroatoms. The first-order chi connectivity index (χ1) is 7.00. The van der Waals surface area contributed by atoms with Crippen molar-refractivity contribution in [1.82, 2.24) is 0 Å². The highest BCUT2D eigenvalue weighted by atomic mass is 16.5. The molecule has 0 aliphatic carbocycles. The van der Waals surface area contributed by atoms with Crippen molar-refractivity contribution in [2.24, 2.45) is 0 Å². The van der Waals surface area contributed by atoms with Gasteiger partial charge in [-0.15, -0.1) is 0 Å². The second kappa shape index (κ2) is 3.23. The zero-order valence-electron chi connectivity index (χ0n) is 9.20. The summed E-state index contributed by atoms with van der Waals surface area (Å²) in [5.41, 5.74) is 1.83. The Kier molecular flexibility index (Phi) is 2.14. The molecule has 0 atom stereocenters. The van der Waals surface area contributed by atoms with Crippen LogP contribution in [-0.2, 0) is 15.1 Å². The zero-order chi connectivity index (χ0) is 11.1. The minimum absolute atomic E-state index is 0.0116. The van der Waals surface area contributed by atoms with Crippen LogP contribution in [0.4, 0.5) is 0 Å². The summed E-state index contributed by atoms with van der Waals surface area (Å²) in [7, 11) is 0. The van der Waals surface area contributed by atoms with E-state index in [0.29, 0.717) is 5.76 Å². The fourth-order valence-corrected chi connectivity index (χ4v) is 1.90. The van der Waals surface area contributed by atoms with Crippen LogP contribution in [-0.4, -0.2) is 5.78 Å². The van der Waals surface area contributed by atoms with Gasteiger partial charge in [0.1, 0.15) is 11.4 Å². The average molecular weight is 202 g/mol. The second-order valence-electron chi connectivity index (χ2n) is 4.28.